The number of aliphatic carboxylic acids is 1. The van der Waals surface area contributed by atoms with E-state index in [9.17, 15) is 9.90 Å². The number of hydrogen-bond acceptors (Lipinski definition) is 1. The maximum atomic E-state index is 11.5. The molecule has 1 aliphatic rings. The number of rotatable bonds is 1. The van der Waals surface area contributed by atoms with Gasteiger partial charge >= 0.3 is 5.97 Å². The van der Waals surface area contributed by atoms with E-state index < -0.39 is 5.97 Å². The van der Waals surface area contributed by atoms with Crippen molar-refractivity contribution in [2.75, 3.05) is 0 Å². The van der Waals surface area contributed by atoms with Gasteiger partial charge in [0.15, 0.2) is 0 Å². The van der Waals surface area contributed by atoms with Gasteiger partial charge in [-0.2, -0.15) is 0 Å². The quantitative estimate of drug-likeness (QED) is 0.851. The number of carbonyl (C=O) groups is 1. The van der Waals surface area contributed by atoms with Gasteiger partial charge < -0.3 is 9.67 Å². The molecular weight excluding hydrogens is 238 g/mol. The van der Waals surface area contributed by atoms with Crippen molar-refractivity contribution in [1.82, 2.24) is 4.57 Å². The van der Waals surface area contributed by atoms with Crippen LogP contribution in [0.5, 0.6) is 0 Å². The predicted molar refractivity (Wildman–Crippen MR) is 75.7 cm³/mol. The molecule has 0 saturated heterocycles. The summed E-state index contributed by atoms with van der Waals surface area (Å²) < 4.78 is 2.10. The predicted octanol–water partition coefficient (Wildman–Crippen LogP) is 3.30. The molecule has 1 aliphatic carbocycles. The summed E-state index contributed by atoms with van der Waals surface area (Å²) in [5, 5.41) is 10.7. The number of carboxylic acids is 1. The lowest BCUT2D eigenvalue weighted by atomic mass is 9.86. The maximum Gasteiger partial charge on any atom is 0.312 e. The molecule has 100 valence electrons. The van der Waals surface area contributed by atoms with Crippen molar-refractivity contribution in [3.8, 4) is 0 Å². The lowest BCUT2D eigenvalue weighted by Crippen LogP contribution is -2.20. The minimum absolute atomic E-state index is 0.346. The van der Waals surface area contributed by atoms with E-state index in [4.69, 9.17) is 0 Å². The highest BCUT2D eigenvalue weighted by molar-refractivity contribution is 5.92. The van der Waals surface area contributed by atoms with E-state index in [0.29, 0.717) is 0 Å². The molecule has 0 radical (unpaired) electrons. The summed E-state index contributed by atoms with van der Waals surface area (Å²) in [6.45, 7) is 4.22. The van der Waals surface area contributed by atoms with Crippen LogP contribution in [0.25, 0.3) is 10.9 Å². The Kier molecular flexibility index (Phi) is 2.66. The van der Waals surface area contributed by atoms with Crippen molar-refractivity contribution >= 4 is 16.9 Å². The van der Waals surface area contributed by atoms with E-state index >= 15 is 0 Å². The number of carboxylic acid groups (broad SMARTS) is 1. The molecule has 0 aliphatic heterocycles. The van der Waals surface area contributed by atoms with Gasteiger partial charge in [0.2, 0.25) is 0 Å². The third kappa shape index (κ3) is 1.68. The van der Waals surface area contributed by atoms with Gasteiger partial charge in [0.1, 0.15) is 0 Å². The smallest absolute Gasteiger partial charge is 0.312 e. The number of benzene rings is 1. The van der Waals surface area contributed by atoms with E-state index in [-0.39, 0.29) is 5.92 Å². The normalized spacial score (nSPS) is 18.6. The monoisotopic (exact) mass is 257 g/mol. The fraction of sp³-hybridized carbons (Fsp3) is 0.438. The second-order valence-electron chi connectivity index (χ2n) is 5.68. The van der Waals surface area contributed by atoms with Crippen LogP contribution in [-0.2, 0) is 18.3 Å². The van der Waals surface area contributed by atoms with Crippen molar-refractivity contribution in [3.63, 3.8) is 0 Å². The lowest BCUT2D eigenvalue weighted by Gasteiger charge is -2.21. The van der Waals surface area contributed by atoms with Crippen LogP contribution in [-0.4, -0.2) is 15.6 Å². The van der Waals surface area contributed by atoms with E-state index in [1.54, 1.807) is 0 Å². The molecule has 3 nitrogen and oxygen atoms in total. The molecule has 0 amide bonds. The molecule has 0 saturated carbocycles. The van der Waals surface area contributed by atoms with Crippen LogP contribution in [0.4, 0.5) is 0 Å². The third-order valence-corrected chi connectivity index (χ3v) is 4.34. The summed E-state index contributed by atoms with van der Waals surface area (Å²) in [5.41, 5.74) is 5.94. The van der Waals surface area contributed by atoms with Gasteiger partial charge in [-0.15, -0.1) is 0 Å². The summed E-state index contributed by atoms with van der Waals surface area (Å²) in [6.07, 6.45) is 2.72. The van der Waals surface area contributed by atoms with Crippen molar-refractivity contribution in [1.29, 1.82) is 0 Å². The highest BCUT2D eigenvalue weighted by Gasteiger charge is 2.31. The summed E-state index contributed by atoms with van der Waals surface area (Å²) in [4.78, 5) is 11.5. The van der Waals surface area contributed by atoms with E-state index in [1.807, 2.05) is 7.05 Å². The molecule has 19 heavy (non-hydrogen) atoms. The van der Waals surface area contributed by atoms with Crippen molar-refractivity contribution in [2.45, 2.75) is 39.0 Å². The van der Waals surface area contributed by atoms with Crippen LogP contribution in [0, 0.1) is 13.8 Å². The highest BCUT2D eigenvalue weighted by Crippen LogP contribution is 2.39. The van der Waals surface area contributed by atoms with Gasteiger partial charge in [0.25, 0.3) is 0 Å². The van der Waals surface area contributed by atoms with Crippen molar-refractivity contribution in [3.05, 3.63) is 34.5 Å². The SMILES string of the molecule is Cc1cc(C)c2c3c(n(C)c2c1)C(C(=O)O)CCC3. The third-order valence-electron chi connectivity index (χ3n) is 4.34. The molecule has 3 heteroatoms. The molecule has 1 atom stereocenters. The molecule has 0 bridgehead atoms. The lowest BCUT2D eigenvalue weighted by molar-refractivity contribution is -0.139. The first kappa shape index (κ1) is 12.3. The zero-order valence-corrected chi connectivity index (χ0v) is 11.7. The highest BCUT2D eigenvalue weighted by atomic mass is 16.4. The van der Waals surface area contributed by atoms with E-state index in [2.05, 4.69) is 30.5 Å². The zero-order valence-electron chi connectivity index (χ0n) is 11.7. The van der Waals surface area contributed by atoms with Gasteiger partial charge in [-0.05, 0) is 55.9 Å². The number of hydrogen-bond donors (Lipinski definition) is 1. The number of nitrogens with zero attached hydrogens (tertiary/aromatic N) is 1. The summed E-state index contributed by atoms with van der Waals surface area (Å²) in [7, 11) is 2.00. The average molecular weight is 257 g/mol. The van der Waals surface area contributed by atoms with E-state index in [0.717, 1.165) is 25.0 Å². The van der Waals surface area contributed by atoms with Crippen LogP contribution in [0.3, 0.4) is 0 Å². The van der Waals surface area contributed by atoms with Gasteiger partial charge in [-0.25, -0.2) is 0 Å². The first-order chi connectivity index (χ1) is 9.00. The zero-order chi connectivity index (χ0) is 13.7. The minimum atomic E-state index is -0.693. The second kappa shape index (κ2) is 4.12. The molecule has 1 unspecified atom stereocenters. The van der Waals surface area contributed by atoms with Crippen molar-refractivity contribution in [2.24, 2.45) is 7.05 Å². The Morgan fingerprint density at radius 3 is 2.79 bits per heavy atom. The summed E-state index contributed by atoms with van der Waals surface area (Å²) >= 11 is 0. The summed E-state index contributed by atoms with van der Waals surface area (Å²) in [5.74, 6) is -1.04. The molecule has 2 aromatic rings. The first-order valence-electron chi connectivity index (χ1n) is 6.82. The van der Waals surface area contributed by atoms with E-state index in [1.165, 1.54) is 27.6 Å². The van der Waals surface area contributed by atoms with Crippen LogP contribution < -0.4 is 0 Å². The average Bonchev–Trinajstić information content (AvgIpc) is 2.63. The molecule has 3 rings (SSSR count). The Balaban J connectivity index is 2.39. The molecule has 1 N–H and O–H groups in total. The summed E-state index contributed by atoms with van der Waals surface area (Å²) in [6, 6.07) is 4.35. The number of fused-ring (bicyclic) bond motifs is 3. The van der Waals surface area contributed by atoms with Gasteiger partial charge in [-0.3, -0.25) is 4.79 Å². The standard InChI is InChI=1S/C16H19NO2/c1-9-7-10(2)14-11-5-4-6-12(16(18)19)15(11)17(3)13(14)8-9/h7-8,12H,4-6H2,1-3H3,(H,18,19). The van der Waals surface area contributed by atoms with Crippen LogP contribution >= 0.6 is 0 Å². The Morgan fingerprint density at radius 2 is 2.11 bits per heavy atom. The van der Waals surface area contributed by atoms with Gasteiger partial charge in [0, 0.05) is 23.6 Å². The molecule has 1 heterocycles. The number of aromatic nitrogens is 1. The Morgan fingerprint density at radius 1 is 1.37 bits per heavy atom. The van der Waals surface area contributed by atoms with Crippen molar-refractivity contribution < 1.29 is 9.90 Å². The Hall–Kier alpha value is -1.77. The second-order valence-corrected chi connectivity index (χ2v) is 5.68. The largest absolute Gasteiger partial charge is 0.481 e. The van der Waals surface area contributed by atoms with Gasteiger partial charge in [0.05, 0.1) is 5.92 Å². The molecular formula is C16H19NO2. The van der Waals surface area contributed by atoms with Crippen LogP contribution in [0.2, 0.25) is 0 Å². The first-order valence-corrected chi connectivity index (χ1v) is 6.82. The fourth-order valence-corrected chi connectivity index (χ4v) is 3.62. The van der Waals surface area contributed by atoms with Crippen LogP contribution in [0.1, 0.15) is 41.1 Å². The molecule has 1 aromatic carbocycles. The van der Waals surface area contributed by atoms with Gasteiger partial charge in [-0.1, -0.05) is 6.07 Å². The maximum absolute atomic E-state index is 11.5. The Labute approximate surface area is 112 Å². The fourth-order valence-electron chi connectivity index (χ4n) is 3.62. The molecule has 0 fully saturated rings. The topological polar surface area (TPSA) is 42.2 Å². The van der Waals surface area contributed by atoms with Crippen LogP contribution in [0.15, 0.2) is 12.1 Å². The Bertz CT molecular complexity index is 682. The number of aryl methyl sites for hydroxylation is 4. The molecule has 1 aromatic heterocycles. The minimum Gasteiger partial charge on any atom is -0.481 e. The molecule has 0 spiro atoms.